The first kappa shape index (κ1) is 15.9. The van der Waals surface area contributed by atoms with Crippen LogP contribution in [0.25, 0.3) is 0 Å². The molecule has 0 fully saturated rings. The van der Waals surface area contributed by atoms with E-state index in [-0.39, 0.29) is 16.9 Å². The van der Waals surface area contributed by atoms with Crippen molar-refractivity contribution in [3.05, 3.63) is 0 Å². The summed E-state index contributed by atoms with van der Waals surface area (Å²) in [5.74, 6) is 0.960. The SMILES string of the molecule is CC(C)C(C)NCCS(=O)(=O)C(C)C(C)C. The van der Waals surface area contributed by atoms with Gasteiger partial charge in [0.1, 0.15) is 0 Å². The lowest BCUT2D eigenvalue weighted by molar-refractivity contribution is 0.436. The summed E-state index contributed by atoms with van der Waals surface area (Å²) in [7, 11) is -2.94. The van der Waals surface area contributed by atoms with Crippen LogP contribution in [0.2, 0.25) is 0 Å². The van der Waals surface area contributed by atoms with E-state index in [1.807, 2.05) is 13.8 Å². The summed E-state index contributed by atoms with van der Waals surface area (Å²) in [5, 5.41) is 3.01. The van der Waals surface area contributed by atoms with Crippen LogP contribution in [0.3, 0.4) is 0 Å². The van der Waals surface area contributed by atoms with Crippen molar-refractivity contribution >= 4 is 9.84 Å². The maximum Gasteiger partial charge on any atom is 0.154 e. The zero-order valence-electron chi connectivity index (χ0n) is 11.4. The van der Waals surface area contributed by atoms with Gasteiger partial charge in [0.15, 0.2) is 9.84 Å². The zero-order chi connectivity index (χ0) is 12.9. The Balaban J connectivity index is 4.11. The van der Waals surface area contributed by atoms with Crippen molar-refractivity contribution in [1.82, 2.24) is 5.32 Å². The molecule has 0 aromatic rings. The summed E-state index contributed by atoms with van der Waals surface area (Å²) in [4.78, 5) is 0. The van der Waals surface area contributed by atoms with Gasteiger partial charge in [0.25, 0.3) is 0 Å². The van der Waals surface area contributed by atoms with Crippen molar-refractivity contribution in [3.63, 3.8) is 0 Å². The van der Waals surface area contributed by atoms with E-state index in [4.69, 9.17) is 0 Å². The van der Waals surface area contributed by atoms with Gasteiger partial charge in [-0.3, -0.25) is 0 Å². The van der Waals surface area contributed by atoms with E-state index in [0.29, 0.717) is 18.5 Å². The van der Waals surface area contributed by atoms with E-state index < -0.39 is 9.84 Å². The highest BCUT2D eigenvalue weighted by molar-refractivity contribution is 7.92. The van der Waals surface area contributed by atoms with Crippen LogP contribution in [-0.4, -0.2) is 32.0 Å². The van der Waals surface area contributed by atoms with Crippen LogP contribution in [0.15, 0.2) is 0 Å². The molecule has 4 heteroatoms. The lowest BCUT2D eigenvalue weighted by Gasteiger charge is -2.20. The number of nitrogens with one attached hydrogen (secondary N) is 1. The van der Waals surface area contributed by atoms with E-state index in [1.165, 1.54) is 0 Å². The molecule has 0 heterocycles. The second-order valence-electron chi connectivity index (χ2n) is 5.30. The first-order chi connectivity index (χ1) is 7.18. The van der Waals surface area contributed by atoms with Crippen LogP contribution < -0.4 is 5.32 Å². The second kappa shape index (κ2) is 6.60. The van der Waals surface area contributed by atoms with Crippen molar-refractivity contribution < 1.29 is 8.42 Å². The lowest BCUT2D eigenvalue weighted by atomic mass is 10.1. The summed E-state index contributed by atoms with van der Waals surface area (Å²) in [6, 6.07) is 0.365. The molecule has 0 amide bonds. The predicted molar refractivity (Wildman–Crippen MR) is 70.4 cm³/mol. The molecule has 98 valence electrons. The van der Waals surface area contributed by atoms with Crippen LogP contribution in [0.4, 0.5) is 0 Å². The Hall–Kier alpha value is -0.0900. The van der Waals surface area contributed by atoms with E-state index in [9.17, 15) is 8.42 Å². The minimum absolute atomic E-state index is 0.188. The summed E-state index contributed by atoms with van der Waals surface area (Å²) in [6.45, 7) is 12.6. The minimum Gasteiger partial charge on any atom is -0.313 e. The van der Waals surface area contributed by atoms with Gasteiger partial charge in [-0.1, -0.05) is 27.7 Å². The number of hydrogen-bond acceptors (Lipinski definition) is 3. The molecule has 16 heavy (non-hydrogen) atoms. The first-order valence-corrected chi connectivity index (χ1v) is 7.85. The fourth-order valence-electron chi connectivity index (χ4n) is 1.27. The molecule has 0 aliphatic rings. The molecule has 0 saturated heterocycles. The molecular formula is C12H27NO2S. The number of hydrogen-bond donors (Lipinski definition) is 1. The Morgan fingerprint density at radius 3 is 1.81 bits per heavy atom. The van der Waals surface area contributed by atoms with Crippen molar-refractivity contribution in [2.75, 3.05) is 12.3 Å². The van der Waals surface area contributed by atoms with Gasteiger partial charge in [0.2, 0.25) is 0 Å². The molecule has 0 rings (SSSR count). The molecule has 0 saturated carbocycles. The summed E-state index contributed by atoms with van der Waals surface area (Å²) in [6.07, 6.45) is 0. The highest BCUT2D eigenvalue weighted by Crippen LogP contribution is 2.12. The van der Waals surface area contributed by atoms with E-state index in [2.05, 4.69) is 26.1 Å². The topological polar surface area (TPSA) is 46.2 Å². The third kappa shape index (κ3) is 5.30. The molecule has 0 radical (unpaired) electrons. The Kier molecular flexibility index (Phi) is 6.56. The van der Waals surface area contributed by atoms with Gasteiger partial charge < -0.3 is 5.32 Å². The van der Waals surface area contributed by atoms with Gasteiger partial charge >= 0.3 is 0 Å². The minimum atomic E-state index is -2.94. The van der Waals surface area contributed by atoms with Gasteiger partial charge in [0.05, 0.1) is 11.0 Å². The molecule has 3 nitrogen and oxygen atoms in total. The van der Waals surface area contributed by atoms with Gasteiger partial charge in [0, 0.05) is 12.6 Å². The predicted octanol–water partition coefficient (Wildman–Crippen LogP) is 2.08. The summed E-state index contributed by atoms with van der Waals surface area (Å²) in [5.41, 5.74) is 0. The standard InChI is InChI=1S/C12H27NO2S/c1-9(2)11(5)13-7-8-16(14,15)12(6)10(3)4/h9-13H,7-8H2,1-6H3. The fourth-order valence-corrected chi connectivity index (χ4v) is 2.87. The Labute approximate surface area is 101 Å². The summed E-state index contributed by atoms with van der Waals surface area (Å²) >= 11 is 0. The maximum atomic E-state index is 11.9. The molecule has 0 aliphatic carbocycles. The number of sulfone groups is 1. The molecule has 2 unspecified atom stereocenters. The zero-order valence-corrected chi connectivity index (χ0v) is 12.3. The van der Waals surface area contributed by atoms with Crippen LogP contribution in [-0.2, 0) is 9.84 Å². The molecule has 0 aromatic carbocycles. The van der Waals surface area contributed by atoms with Crippen LogP contribution >= 0.6 is 0 Å². The Morgan fingerprint density at radius 2 is 1.44 bits per heavy atom. The van der Waals surface area contributed by atoms with Gasteiger partial charge in [-0.05, 0) is 25.7 Å². The Bertz CT molecular complexity index is 283. The van der Waals surface area contributed by atoms with Gasteiger partial charge in [-0.15, -0.1) is 0 Å². The fraction of sp³-hybridized carbons (Fsp3) is 1.00. The highest BCUT2D eigenvalue weighted by atomic mass is 32.2. The largest absolute Gasteiger partial charge is 0.313 e. The first-order valence-electron chi connectivity index (χ1n) is 6.13. The third-order valence-electron chi connectivity index (χ3n) is 3.36. The van der Waals surface area contributed by atoms with Gasteiger partial charge in [-0.25, -0.2) is 8.42 Å². The average Bonchev–Trinajstić information content (AvgIpc) is 2.15. The Morgan fingerprint density at radius 1 is 0.938 bits per heavy atom. The monoisotopic (exact) mass is 249 g/mol. The molecule has 1 N–H and O–H groups in total. The molecular weight excluding hydrogens is 222 g/mol. The van der Waals surface area contributed by atoms with Crippen LogP contribution in [0, 0.1) is 11.8 Å². The molecule has 2 atom stereocenters. The van der Waals surface area contributed by atoms with Crippen molar-refractivity contribution in [2.45, 2.75) is 52.8 Å². The normalized spacial score (nSPS) is 16.8. The van der Waals surface area contributed by atoms with Crippen molar-refractivity contribution in [2.24, 2.45) is 11.8 Å². The lowest BCUT2D eigenvalue weighted by Crippen LogP contribution is -2.37. The van der Waals surface area contributed by atoms with Crippen molar-refractivity contribution in [3.8, 4) is 0 Å². The van der Waals surface area contributed by atoms with E-state index in [1.54, 1.807) is 6.92 Å². The third-order valence-corrected chi connectivity index (χ3v) is 5.81. The van der Waals surface area contributed by atoms with Crippen molar-refractivity contribution in [1.29, 1.82) is 0 Å². The smallest absolute Gasteiger partial charge is 0.154 e. The van der Waals surface area contributed by atoms with Crippen LogP contribution in [0.1, 0.15) is 41.5 Å². The highest BCUT2D eigenvalue weighted by Gasteiger charge is 2.23. The number of rotatable bonds is 7. The summed E-state index contributed by atoms with van der Waals surface area (Å²) < 4.78 is 23.8. The van der Waals surface area contributed by atoms with E-state index >= 15 is 0 Å². The molecule has 0 spiro atoms. The quantitative estimate of drug-likeness (QED) is 0.751. The van der Waals surface area contributed by atoms with Gasteiger partial charge in [-0.2, -0.15) is 0 Å². The maximum absolute atomic E-state index is 11.9. The van der Waals surface area contributed by atoms with Crippen LogP contribution in [0.5, 0.6) is 0 Å². The van der Waals surface area contributed by atoms with E-state index in [0.717, 1.165) is 0 Å². The average molecular weight is 249 g/mol. The molecule has 0 aliphatic heterocycles. The second-order valence-corrected chi connectivity index (χ2v) is 7.78. The molecule has 0 bridgehead atoms. The molecule has 0 aromatic heterocycles.